The predicted molar refractivity (Wildman–Crippen MR) is 93.5 cm³/mol. The second-order valence-corrected chi connectivity index (χ2v) is 7.89. The molecule has 0 aliphatic carbocycles. The van der Waals surface area contributed by atoms with Gasteiger partial charge in [-0.2, -0.15) is 0 Å². The molecule has 1 N–H and O–H groups in total. The summed E-state index contributed by atoms with van der Waals surface area (Å²) in [4.78, 5) is 14.1. The molecule has 1 fully saturated rings. The number of benzene rings is 2. The lowest BCUT2D eigenvalue weighted by Gasteiger charge is -2.17. The van der Waals surface area contributed by atoms with Gasteiger partial charge in [0.1, 0.15) is 11.6 Å². The van der Waals surface area contributed by atoms with Crippen molar-refractivity contribution in [2.45, 2.75) is 24.7 Å². The highest BCUT2D eigenvalue weighted by molar-refractivity contribution is 7.92. The van der Waals surface area contributed by atoms with Gasteiger partial charge in [0.2, 0.25) is 0 Å². The van der Waals surface area contributed by atoms with Crippen LogP contribution >= 0.6 is 0 Å². The Bertz CT molecular complexity index is 955. The molecule has 0 atom stereocenters. The van der Waals surface area contributed by atoms with Crippen molar-refractivity contribution in [2.24, 2.45) is 0 Å². The van der Waals surface area contributed by atoms with E-state index in [-0.39, 0.29) is 16.5 Å². The van der Waals surface area contributed by atoms with Gasteiger partial charge in [0.05, 0.1) is 10.6 Å². The van der Waals surface area contributed by atoms with Crippen molar-refractivity contribution < 1.29 is 22.0 Å². The Morgan fingerprint density at radius 1 is 1.08 bits per heavy atom. The number of carbonyl (C=O) groups is 1. The summed E-state index contributed by atoms with van der Waals surface area (Å²) in [6.45, 7) is 3.02. The van der Waals surface area contributed by atoms with E-state index in [2.05, 4.69) is 4.72 Å². The van der Waals surface area contributed by atoms with Crippen molar-refractivity contribution in [1.82, 2.24) is 4.90 Å². The van der Waals surface area contributed by atoms with Gasteiger partial charge < -0.3 is 4.90 Å². The molecule has 8 heteroatoms. The Hall–Kier alpha value is -2.48. The number of nitrogens with one attached hydrogen (secondary N) is 1. The highest BCUT2D eigenvalue weighted by atomic mass is 32.2. The van der Waals surface area contributed by atoms with Gasteiger partial charge in [0.15, 0.2) is 0 Å². The fraction of sp³-hybridized carbons (Fsp3) is 0.278. The van der Waals surface area contributed by atoms with E-state index in [1.165, 1.54) is 12.1 Å². The van der Waals surface area contributed by atoms with Gasteiger partial charge in [-0.3, -0.25) is 9.52 Å². The number of nitrogens with zero attached hydrogens (tertiary/aromatic N) is 1. The Morgan fingerprint density at radius 2 is 1.77 bits per heavy atom. The van der Waals surface area contributed by atoms with Crippen LogP contribution in [0.2, 0.25) is 0 Å². The number of likely N-dealkylation sites (tertiary alicyclic amines) is 1. The second kappa shape index (κ2) is 7.03. The largest absolute Gasteiger partial charge is 0.339 e. The minimum Gasteiger partial charge on any atom is -0.339 e. The second-order valence-electron chi connectivity index (χ2n) is 6.21. The van der Waals surface area contributed by atoms with E-state index >= 15 is 0 Å². The maximum atomic E-state index is 13.7. The van der Waals surface area contributed by atoms with Gasteiger partial charge in [0.25, 0.3) is 15.9 Å². The zero-order chi connectivity index (χ0) is 18.9. The van der Waals surface area contributed by atoms with Gasteiger partial charge >= 0.3 is 0 Å². The zero-order valence-electron chi connectivity index (χ0n) is 14.1. The summed E-state index contributed by atoms with van der Waals surface area (Å²) in [5.41, 5.74) is 0.600. The number of aryl methyl sites for hydroxylation is 1. The third-order valence-corrected chi connectivity index (χ3v) is 5.68. The Morgan fingerprint density at radius 3 is 2.42 bits per heavy atom. The number of sulfonamides is 1. The molecule has 2 aromatic carbocycles. The molecule has 0 bridgehead atoms. The van der Waals surface area contributed by atoms with E-state index < -0.39 is 21.7 Å². The fourth-order valence-electron chi connectivity index (χ4n) is 2.87. The van der Waals surface area contributed by atoms with Gasteiger partial charge in [0, 0.05) is 24.7 Å². The standard InChI is InChI=1S/C18H18F2N2O3S/c1-12-4-6-14(11-15(12)18(23)22-8-2-3-9-22)26(24,25)21-17-7-5-13(19)10-16(17)20/h4-7,10-11,21H,2-3,8-9H2,1H3. The van der Waals surface area contributed by atoms with E-state index in [1.54, 1.807) is 17.9 Å². The molecule has 1 saturated heterocycles. The van der Waals surface area contributed by atoms with Gasteiger partial charge in [-0.25, -0.2) is 17.2 Å². The lowest BCUT2D eigenvalue weighted by Crippen LogP contribution is -2.28. The van der Waals surface area contributed by atoms with Crippen molar-refractivity contribution in [3.8, 4) is 0 Å². The highest BCUT2D eigenvalue weighted by Crippen LogP contribution is 2.23. The van der Waals surface area contributed by atoms with E-state index in [0.717, 1.165) is 25.0 Å². The quantitative estimate of drug-likeness (QED) is 0.885. The van der Waals surface area contributed by atoms with Crippen LogP contribution in [0, 0.1) is 18.6 Å². The summed E-state index contributed by atoms with van der Waals surface area (Å²) < 4.78 is 53.9. The molecule has 1 amide bonds. The molecule has 0 radical (unpaired) electrons. The minimum atomic E-state index is -4.13. The molecule has 138 valence electrons. The molecule has 26 heavy (non-hydrogen) atoms. The van der Waals surface area contributed by atoms with Crippen LogP contribution in [0.1, 0.15) is 28.8 Å². The number of rotatable bonds is 4. The number of hydrogen-bond donors (Lipinski definition) is 1. The van der Waals surface area contributed by atoms with Crippen LogP contribution in [-0.2, 0) is 10.0 Å². The Kier molecular flexibility index (Phi) is 4.95. The number of halogens is 2. The topological polar surface area (TPSA) is 66.5 Å². The molecular weight excluding hydrogens is 362 g/mol. The van der Waals surface area contributed by atoms with E-state index in [0.29, 0.717) is 30.3 Å². The molecule has 3 rings (SSSR count). The lowest BCUT2D eigenvalue weighted by atomic mass is 10.1. The third-order valence-electron chi connectivity index (χ3n) is 4.32. The number of carbonyl (C=O) groups excluding carboxylic acids is 1. The van der Waals surface area contributed by atoms with Gasteiger partial charge in [-0.1, -0.05) is 6.07 Å². The number of hydrogen-bond acceptors (Lipinski definition) is 3. The van der Waals surface area contributed by atoms with Gasteiger partial charge in [-0.05, 0) is 49.6 Å². The summed E-state index contributed by atoms with van der Waals surface area (Å²) in [6.07, 6.45) is 1.85. The van der Waals surface area contributed by atoms with E-state index in [1.807, 2.05) is 0 Å². The van der Waals surface area contributed by atoms with Crippen LogP contribution in [-0.4, -0.2) is 32.3 Å². The first-order valence-corrected chi connectivity index (χ1v) is 9.64. The Balaban J connectivity index is 1.92. The first-order valence-electron chi connectivity index (χ1n) is 8.16. The maximum Gasteiger partial charge on any atom is 0.262 e. The van der Waals surface area contributed by atoms with Gasteiger partial charge in [-0.15, -0.1) is 0 Å². The van der Waals surface area contributed by atoms with Crippen LogP contribution in [0.15, 0.2) is 41.3 Å². The van der Waals surface area contributed by atoms with Crippen molar-refractivity contribution in [3.05, 3.63) is 59.2 Å². The first-order chi connectivity index (χ1) is 12.3. The first kappa shape index (κ1) is 18.3. The van der Waals surface area contributed by atoms with E-state index in [9.17, 15) is 22.0 Å². The number of anilines is 1. The van der Waals surface area contributed by atoms with Crippen LogP contribution in [0.3, 0.4) is 0 Å². The van der Waals surface area contributed by atoms with Crippen LogP contribution < -0.4 is 4.72 Å². The minimum absolute atomic E-state index is 0.158. The van der Waals surface area contributed by atoms with Crippen LogP contribution in [0.4, 0.5) is 14.5 Å². The lowest BCUT2D eigenvalue weighted by molar-refractivity contribution is 0.0792. The average molecular weight is 380 g/mol. The van der Waals surface area contributed by atoms with Crippen molar-refractivity contribution in [1.29, 1.82) is 0 Å². The molecule has 0 spiro atoms. The SMILES string of the molecule is Cc1ccc(S(=O)(=O)Nc2ccc(F)cc2F)cc1C(=O)N1CCCC1. The summed E-state index contributed by atoms with van der Waals surface area (Å²) in [5.74, 6) is -2.04. The summed E-state index contributed by atoms with van der Waals surface area (Å²) >= 11 is 0. The smallest absolute Gasteiger partial charge is 0.262 e. The van der Waals surface area contributed by atoms with E-state index in [4.69, 9.17) is 0 Å². The van der Waals surface area contributed by atoms with Crippen molar-refractivity contribution in [3.63, 3.8) is 0 Å². The molecule has 1 aliphatic rings. The molecule has 2 aromatic rings. The molecule has 1 aliphatic heterocycles. The van der Waals surface area contributed by atoms with Crippen molar-refractivity contribution in [2.75, 3.05) is 17.8 Å². The molecular formula is C18H18F2N2O3S. The summed E-state index contributed by atoms with van der Waals surface area (Å²) in [6, 6.07) is 6.74. The monoisotopic (exact) mass is 380 g/mol. The van der Waals surface area contributed by atoms with Crippen molar-refractivity contribution >= 4 is 21.6 Å². The van der Waals surface area contributed by atoms with Crippen LogP contribution in [0.25, 0.3) is 0 Å². The average Bonchev–Trinajstić information content (AvgIpc) is 3.11. The normalized spacial score (nSPS) is 14.5. The zero-order valence-corrected chi connectivity index (χ0v) is 14.9. The molecule has 0 aromatic heterocycles. The third kappa shape index (κ3) is 3.70. The fourth-order valence-corrected chi connectivity index (χ4v) is 3.96. The molecule has 0 unspecified atom stereocenters. The highest BCUT2D eigenvalue weighted by Gasteiger charge is 2.24. The Labute approximate surface area is 150 Å². The summed E-state index contributed by atoms with van der Waals surface area (Å²) in [7, 11) is -4.13. The maximum absolute atomic E-state index is 13.7. The number of amides is 1. The molecule has 1 heterocycles. The predicted octanol–water partition coefficient (Wildman–Crippen LogP) is 3.31. The summed E-state index contributed by atoms with van der Waals surface area (Å²) in [5, 5.41) is 0. The van der Waals surface area contributed by atoms with Crippen LogP contribution in [0.5, 0.6) is 0 Å². The molecule has 5 nitrogen and oxygen atoms in total. The molecule has 0 saturated carbocycles.